The first kappa shape index (κ1) is 9.74. The Hall–Kier alpha value is -1.26. The Balaban J connectivity index is 3.54. The van der Waals surface area contributed by atoms with Crippen molar-refractivity contribution in [2.45, 2.75) is 13.3 Å². The van der Waals surface area contributed by atoms with Gasteiger partial charge in [0.2, 0.25) is 0 Å². The maximum atomic E-state index is 9.99. The molecule has 0 aliphatic heterocycles. The number of carboxylic acids is 1. The number of nitrogens with one attached hydrogen (secondary N) is 1. The standard InChI is InChI=1S/C6H13N3O2/c1-2-3-8-6(7)9-4-5(10)11/h2-4H2,1H3,(H,10,11)(H3,7,8,9). The third-order valence-corrected chi connectivity index (χ3v) is 0.941. The maximum absolute atomic E-state index is 9.99. The maximum Gasteiger partial charge on any atom is 0.325 e. The van der Waals surface area contributed by atoms with Crippen LogP contribution in [0.15, 0.2) is 4.99 Å². The van der Waals surface area contributed by atoms with Crippen LogP contribution in [0, 0.1) is 0 Å². The summed E-state index contributed by atoms with van der Waals surface area (Å²) in [7, 11) is 0. The van der Waals surface area contributed by atoms with E-state index in [1.807, 2.05) is 6.92 Å². The molecule has 0 amide bonds. The normalized spacial score (nSPS) is 11.2. The zero-order chi connectivity index (χ0) is 8.69. The first-order valence-electron chi connectivity index (χ1n) is 3.42. The summed E-state index contributed by atoms with van der Waals surface area (Å²) in [6.45, 7) is 2.43. The molecule has 0 aromatic heterocycles. The molecule has 4 N–H and O–H groups in total. The molecule has 0 rings (SSSR count). The van der Waals surface area contributed by atoms with E-state index in [4.69, 9.17) is 10.8 Å². The van der Waals surface area contributed by atoms with Crippen LogP contribution in [0.4, 0.5) is 0 Å². The Morgan fingerprint density at radius 2 is 2.36 bits per heavy atom. The lowest BCUT2D eigenvalue weighted by Crippen LogP contribution is -2.32. The van der Waals surface area contributed by atoms with Crippen LogP contribution in [0.1, 0.15) is 13.3 Å². The van der Waals surface area contributed by atoms with Gasteiger partial charge >= 0.3 is 5.97 Å². The molecule has 0 saturated carbocycles. The van der Waals surface area contributed by atoms with Gasteiger partial charge in [-0.1, -0.05) is 6.92 Å². The lowest BCUT2D eigenvalue weighted by Gasteiger charge is -2.00. The highest BCUT2D eigenvalue weighted by Gasteiger charge is 1.93. The van der Waals surface area contributed by atoms with Gasteiger partial charge in [0, 0.05) is 6.54 Å². The Labute approximate surface area is 65.3 Å². The van der Waals surface area contributed by atoms with Gasteiger partial charge in [0.1, 0.15) is 6.54 Å². The number of carbonyl (C=O) groups is 1. The van der Waals surface area contributed by atoms with E-state index in [1.165, 1.54) is 0 Å². The summed E-state index contributed by atoms with van der Waals surface area (Å²) in [6.07, 6.45) is 0.934. The number of rotatable bonds is 4. The van der Waals surface area contributed by atoms with Crippen molar-refractivity contribution in [2.24, 2.45) is 10.7 Å². The number of carboxylic acid groups (broad SMARTS) is 1. The van der Waals surface area contributed by atoms with Crippen molar-refractivity contribution >= 4 is 11.9 Å². The van der Waals surface area contributed by atoms with E-state index in [0.29, 0.717) is 0 Å². The minimum absolute atomic E-state index is 0.189. The topological polar surface area (TPSA) is 87.7 Å². The zero-order valence-electron chi connectivity index (χ0n) is 6.50. The minimum atomic E-state index is -0.980. The third kappa shape index (κ3) is 6.63. The molecular weight excluding hydrogens is 146 g/mol. The minimum Gasteiger partial charge on any atom is -0.480 e. The van der Waals surface area contributed by atoms with Gasteiger partial charge in [0.05, 0.1) is 0 Å². The second-order valence-corrected chi connectivity index (χ2v) is 2.02. The number of nitrogens with zero attached hydrogens (tertiary/aromatic N) is 1. The average Bonchev–Trinajstić information content (AvgIpc) is 1.97. The Morgan fingerprint density at radius 1 is 1.73 bits per heavy atom. The van der Waals surface area contributed by atoms with E-state index in [-0.39, 0.29) is 12.5 Å². The Bertz CT molecular complexity index is 156. The van der Waals surface area contributed by atoms with Crippen LogP contribution < -0.4 is 11.1 Å². The number of aliphatic imine (C=N–C) groups is 1. The molecule has 0 bridgehead atoms. The zero-order valence-corrected chi connectivity index (χ0v) is 6.50. The Morgan fingerprint density at radius 3 is 2.82 bits per heavy atom. The molecule has 0 aliphatic carbocycles. The molecule has 11 heavy (non-hydrogen) atoms. The molecule has 0 radical (unpaired) electrons. The fourth-order valence-corrected chi connectivity index (χ4v) is 0.462. The van der Waals surface area contributed by atoms with Crippen molar-refractivity contribution < 1.29 is 9.90 Å². The SMILES string of the molecule is CCCNC(N)=NCC(=O)O. The average molecular weight is 159 g/mol. The lowest BCUT2D eigenvalue weighted by molar-refractivity contribution is -0.135. The molecule has 0 heterocycles. The van der Waals surface area contributed by atoms with Crippen molar-refractivity contribution in [3.05, 3.63) is 0 Å². The first-order valence-corrected chi connectivity index (χ1v) is 3.42. The molecule has 0 aliphatic rings. The third-order valence-electron chi connectivity index (χ3n) is 0.941. The summed E-state index contributed by atoms with van der Waals surface area (Å²) >= 11 is 0. The Kier molecular flexibility index (Phi) is 4.89. The number of aliphatic carboxylic acids is 1. The predicted molar refractivity (Wildman–Crippen MR) is 42.4 cm³/mol. The molecular formula is C6H13N3O2. The quantitative estimate of drug-likeness (QED) is 0.377. The van der Waals surface area contributed by atoms with Crippen molar-refractivity contribution in [1.82, 2.24) is 5.32 Å². The van der Waals surface area contributed by atoms with Gasteiger partial charge in [0.15, 0.2) is 5.96 Å². The molecule has 0 aromatic carbocycles. The van der Waals surface area contributed by atoms with Crippen molar-refractivity contribution in [3.8, 4) is 0 Å². The highest BCUT2D eigenvalue weighted by Crippen LogP contribution is 1.72. The van der Waals surface area contributed by atoms with Crippen LogP contribution in [-0.2, 0) is 4.79 Å². The summed E-state index contributed by atoms with van der Waals surface area (Å²) in [4.78, 5) is 13.5. The van der Waals surface area contributed by atoms with Crippen LogP contribution in [-0.4, -0.2) is 30.1 Å². The van der Waals surface area contributed by atoms with Crippen LogP contribution in [0.3, 0.4) is 0 Å². The summed E-state index contributed by atoms with van der Waals surface area (Å²) in [5, 5.41) is 10.9. The molecule has 0 atom stereocenters. The van der Waals surface area contributed by atoms with Gasteiger partial charge in [0.25, 0.3) is 0 Å². The molecule has 64 valence electrons. The van der Waals surface area contributed by atoms with E-state index >= 15 is 0 Å². The van der Waals surface area contributed by atoms with Crippen LogP contribution >= 0.6 is 0 Å². The second-order valence-electron chi connectivity index (χ2n) is 2.02. The number of hydrogen-bond acceptors (Lipinski definition) is 2. The number of guanidine groups is 1. The highest BCUT2D eigenvalue weighted by molar-refractivity contribution is 5.80. The van der Waals surface area contributed by atoms with Crippen LogP contribution in [0.2, 0.25) is 0 Å². The summed E-state index contributed by atoms with van der Waals surface area (Å²) < 4.78 is 0. The number of nitrogens with two attached hydrogens (primary N) is 1. The molecule has 5 heteroatoms. The predicted octanol–water partition coefficient (Wildman–Crippen LogP) is -0.615. The van der Waals surface area contributed by atoms with E-state index in [9.17, 15) is 4.79 Å². The van der Waals surface area contributed by atoms with Gasteiger partial charge in [-0.3, -0.25) is 4.79 Å². The van der Waals surface area contributed by atoms with Gasteiger partial charge in [-0.05, 0) is 6.42 Å². The molecule has 0 fully saturated rings. The van der Waals surface area contributed by atoms with E-state index in [0.717, 1.165) is 13.0 Å². The lowest BCUT2D eigenvalue weighted by atomic mass is 10.5. The van der Waals surface area contributed by atoms with Crippen molar-refractivity contribution in [3.63, 3.8) is 0 Å². The van der Waals surface area contributed by atoms with Crippen LogP contribution in [0.25, 0.3) is 0 Å². The largest absolute Gasteiger partial charge is 0.480 e. The fourth-order valence-electron chi connectivity index (χ4n) is 0.462. The fraction of sp³-hybridized carbons (Fsp3) is 0.667. The smallest absolute Gasteiger partial charge is 0.325 e. The molecule has 0 spiro atoms. The van der Waals surface area contributed by atoms with E-state index in [2.05, 4.69) is 10.3 Å². The molecule has 0 aromatic rings. The monoisotopic (exact) mass is 159 g/mol. The van der Waals surface area contributed by atoms with Gasteiger partial charge in [-0.25, -0.2) is 4.99 Å². The summed E-state index contributed by atoms with van der Waals surface area (Å²) in [5.41, 5.74) is 5.28. The first-order chi connectivity index (χ1) is 5.16. The van der Waals surface area contributed by atoms with Crippen LogP contribution in [0.5, 0.6) is 0 Å². The van der Waals surface area contributed by atoms with Gasteiger partial charge in [-0.2, -0.15) is 0 Å². The number of hydrogen-bond donors (Lipinski definition) is 3. The summed E-state index contributed by atoms with van der Waals surface area (Å²) in [6, 6.07) is 0. The molecule has 0 unspecified atom stereocenters. The molecule has 0 saturated heterocycles. The highest BCUT2D eigenvalue weighted by atomic mass is 16.4. The second kappa shape index (κ2) is 5.52. The van der Waals surface area contributed by atoms with E-state index in [1.54, 1.807) is 0 Å². The van der Waals surface area contributed by atoms with Gasteiger partial charge in [-0.15, -0.1) is 0 Å². The van der Waals surface area contributed by atoms with Crippen molar-refractivity contribution in [1.29, 1.82) is 0 Å². The van der Waals surface area contributed by atoms with Gasteiger partial charge < -0.3 is 16.2 Å². The van der Waals surface area contributed by atoms with Crippen molar-refractivity contribution in [2.75, 3.05) is 13.1 Å². The summed E-state index contributed by atoms with van der Waals surface area (Å²) in [5.74, 6) is -0.791. The molecule has 5 nitrogen and oxygen atoms in total. The van der Waals surface area contributed by atoms with E-state index < -0.39 is 5.97 Å².